The molecule has 0 bridgehead atoms. The van der Waals surface area contributed by atoms with Gasteiger partial charge in [0.15, 0.2) is 0 Å². The first kappa shape index (κ1) is 13.2. The fourth-order valence-corrected chi connectivity index (χ4v) is 1.97. The molecule has 0 spiro atoms. The van der Waals surface area contributed by atoms with Gasteiger partial charge < -0.3 is 5.11 Å². The Kier molecular flexibility index (Phi) is 4.26. The minimum absolute atomic E-state index is 0.329. The second kappa shape index (κ2) is 6.11. The van der Waals surface area contributed by atoms with Crippen LogP contribution in [0.2, 0.25) is 0 Å². The Morgan fingerprint density at radius 1 is 1.16 bits per heavy atom. The first-order valence-corrected chi connectivity index (χ1v) is 6.05. The highest BCUT2D eigenvalue weighted by molar-refractivity contribution is 5.87. The SMILES string of the molecule is CN(Cc1ccncc1)Cc1cccc(C(=O)O)c1. The third-order valence-electron chi connectivity index (χ3n) is 2.83. The third kappa shape index (κ3) is 3.89. The van der Waals surface area contributed by atoms with Crippen LogP contribution in [-0.2, 0) is 13.1 Å². The normalized spacial score (nSPS) is 10.6. The molecule has 2 rings (SSSR count). The lowest BCUT2D eigenvalue weighted by Crippen LogP contribution is -2.17. The van der Waals surface area contributed by atoms with E-state index < -0.39 is 5.97 Å². The highest BCUT2D eigenvalue weighted by Gasteiger charge is 2.05. The fourth-order valence-electron chi connectivity index (χ4n) is 1.97. The zero-order valence-corrected chi connectivity index (χ0v) is 10.8. The van der Waals surface area contributed by atoms with Crippen LogP contribution in [0.25, 0.3) is 0 Å². The number of aromatic nitrogens is 1. The molecule has 0 amide bonds. The minimum atomic E-state index is -0.890. The van der Waals surface area contributed by atoms with Gasteiger partial charge in [0.1, 0.15) is 0 Å². The van der Waals surface area contributed by atoms with Crippen molar-refractivity contribution in [2.75, 3.05) is 7.05 Å². The Bertz CT molecular complexity index is 555. The van der Waals surface area contributed by atoms with E-state index in [1.165, 1.54) is 5.56 Å². The second-order valence-electron chi connectivity index (χ2n) is 4.53. The molecule has 0 unspecified atom stereocenters. The molecule has 1 heterocycles. The van der Waals surface area contributed by atoms with E-state index >= 15 is 0 Å². The summed E-state index contributed by atoms with van der Waals surface area (Å²) in [6, 6.07) is 11.0. The summed E-state index contributed by atoms with van der Waals surface area (Å²) in [5, 5.41) is 8.96. The van der Waals surface area contributed by atoms with Crippen molar-refractivity contribution in [1.29, 1.82) is 0 Å². The highest BCUT2D eigenvalue weighted by atomic mass is 16.4. The number of carbonyl (C=O) groups is 1. The minimum Gasteiger partial charge on any atom is -0.478 e. The largest absolute Gasteiger partial charge is 0.478 e. The van der Waals surface area contributed by atoms with Crippen molar-refractivity contribution in [3.05, 3.63) is 65.5 Å². The molecule has 0 saturated heterocycles. The lowest BCUT2D eigenvalue weighted by molar-refractivity contribution is 0.0696. The molecule has 98 valence electrons. The third-order valence-corrected chi connectivity index (χ3v) is 2.83. The molecule has 19 heavy (non-hydrogen) atoms. The summed E-state index contributed by atoms with van der Waals surface area (Å²) in [6.07, 6.45) is 3.54. The monoisotopic (exact) mass is 256 g/mol. The number of hydrogen-bond acceptors (Lipinski definition) is 3. The van der Waals surface area contributed by atoms with E-state index in [1.54, 1.807) is 30.6 Å². The molecular formula is C15H16N2O2. The number of benzene rings is 1. The first-order chi connectivity index (χ1) is 9.15. The quantitative estimate of drug-likeness (QED) is 0.892. The summed E-state index contributed by atoms with van der Waals surface area (Å²) in [6.45, 7) is 1.52. The van der Waals surface area contributed by atoms with E-state index in [-0.39, 0.29) is 0 Å². The number of aromatic carboxylic acids is 1. The van der Waals surface area contributed by atoms with Crippen molar-refractivity contribution < 1.29 is 9.90 Å². The summed E-state index contributed by atoms with van der Waals surface area (Å²) in [5.41, 5.74) is 2.51. The summed E-state index contributed by atoms with van der Waals surface area (Å²) in [7, 11) is 2.01. The van der Waals surface area contributed by atoms with Crippen LogP contribution in [0.5, 0.6) is 0 Å². The topological polar surface area (TPSA) is 53.4 Å². The van der Waals surface area contributed by atoms with E-state index in [4.69, 9.17) is 5.11 Å². The zero-order chi connectivity index (χ0) is 13.7. The molecule has 0 fully saturated rings. The van der Waals surface area contributed by atoms with Crippen LogP contribution in [0.15, 0.2) is 48.8 Å². The summed E-state index contributed by atoms with van der Waals surface area (Å²) < 4.78 is 0. The average molecular weight is 256 g/mol. The summed E-state index contributed by atoms with van der Waals surface area (Å²) in [5.74, 6) is -0.890. The van der Waals surface area contributed by atoms with Gasteiger partial charge in [0.05, 0.1) is 5.56 Å². The molecule has 1 aromatic heterocycles. The van der Waals surface area contributed by atoms with Gasteiger partial charge >= 0.3 is 5.97 Å². The molecule has 0 atom stereocenters. The van der Waals surface area contributed by atoms with Crippen LogP contribution < -0.4 is 0 Å². The Morgan fingerprint density at radius 3 is 2.53 bits per heavy atom. The molecule has 4 nitrogen and oxygen atoms in total. The van der Waals surface area contributed by atoms with Crippen molar-refractivity contribution in [3.63, 3.8) is 0 Å². The van der Waals surface area contributed by atoms with Gasteiger partial charge in [-0.15, -0.1) is 0 Å². The molecule has 0 aliphatic carbocycles. The average Bonchev–Trinajstić information content (AvgIpc) is 2.40. The molecule has 2 aromatic rings. The van der Waals surface area contributed by atoms with E-state index in [2.05, 4.69) is 9.88 Å². The number of rotatable bonds is 5. The van der Waals surface area contributed by atoms with E-state index in [1.807, 2.05) is 25.2 Å². The van der Waals surface area contributed by atoms with E-state index in [0.29, 0.717) is 12.1 Å². The first-order valence-electron chi connectivity index (χ1n) is 6.05. The Balaban J connectivity index is 2.01. The maximum absolute atomic E-state index is 10.9. The Morgan fingerprint density at radius 2 is 1.84 bits per heavy atom. The van der Waals surface area contributed by atoms with Crippen LogP contribution in [0.4, 0.5) is 0 Å². The molecule has 1 N–H and O–H groups in total. The van der Waals surface area contributed by atoms with Crippen LogP contribution in [0, 0.1) is 0 Å². The predicted octanol–water partition coefficient (Wildman–Crippen LogP) is 2.41. The van der Waals surface area contributed by atoms with Gasteiger partial charge in [0.25, 0.3) is 0 Å². The number of hydrogen-bond donors (Lipinski definition) is 1. The number of nitrogens with zero attached hydrogens (tertiary/aromatic N) is 2. The van der Waals surface area contributed by atoms with Gasteiger partial charge in [-0.3, -0.25) is 9.88 Å². The predicted molar refractivity (Wildman–Crippen MR) is 72.8 cm³/mol. The summed E-state index contributed by atoms with van der Waals surface area (Å²) in [4.78, 5) is 17.0. The van der Waals surface area contributed by atoms with Gasteiger partial charge in [0.2, 0.25) is 0 Å². The van der Waals surface area contributed by atoms with Gasteiger partial charge in [-0.2, -0.15) is 0 Å². The van der Waals surface area contributed by atoms with Gasteiger partial charge in [-0.25, -0.2) is 4.79 Å². The van der Waals surface area contributed by atoms with Crippen molar-refractivity contribution in [2.24, 2.45) is 0 Å². The van der Waals surface area contributed by atoms with Gasteiger partial charge in [0, 0.05) is 25.5 Å². The Hall–Kier alpha value is -2.20. The van der Waals surface area contributed by atoms with Crippen LogP contribution in [-0.4, -0.2) is 28.0 Å². The van der Waals surface area contributed by atoms with Crippen molar-refractivity contribution >= 4 is 5.97 Å². The van der Waals surface area contributed by atoms with E-state index in [9.17, 15) is 4.79 Å². The Labute approximate surface area is 112 Å². The molecule has 1 aromatic carbocycles. The van der Waals surface area contributed by atoms with E-state index in [0.717, 1.165) is 12.1 Å². The number of carboxylic acid groups (broad SMARTS) is 1. The van der Waals surface area contributed by atoms with Crippen LogP contribution in [0.1, 0.15) is 21.5 Å². The highest BCUT2D eigenvalue weighted by Crippen LogP contribution is 2.10. The van der Waals surface area contributed by atoms with Crippen molar-refractivity contribution in [1.82, 2.24) is 9.88 Å². The molecular weight excluding hydrogens is 240 g/mol. The molecule has 0 aliphatic rings. The lowest BCUT2D eigenvalue weighted by Gasteiger charge is -2.16. The molecule has 0 radical (unpaired) electrons. The molecule has 4 heteroatoms. The smallest absolute Gasteiger partial charge is 0.335 e. The molecule has 0 aliphatic heterocycles. The zero-order valence-electron chi connectivity index (χ0n) is 10.8. The molecule has 0 saturated carbocycles. The maximum atomic E-state index is 10.9. The fraction of sp³-hybridized carbons (Fsp3) is 0.200. The van der Waals surface area contributed by atoms with Gasteiger partial charge in [-0.05, 0) is 42.4 Å². The van der Waals surface area contributed by atoms with Crippen LogP contribution in [0.3, 0.4) is 0 Å². The van der Waals surface area contributed by atoms with Crippen LogP contribution >= 0.6 is 0 Å². The maximum Gasteiger partial charge on any atom is 0.335 e. The van der Waals surface area contributed by atoms with Crippen molar-refractivity contribution in [3.8, 4) is 0 Å². The standard InChI is InChI=1S/C15H16N2O2/c1-17(10-12-5-7-16-8-6-12)11-13-3-2-4-14(9-13)15(18)19/h2-9H,10-11H2,1H3,(H,18,19). The lowest BCUT2D eigenvalue weighted by atomic mass is 10.1. The van der Waals surface area contributed by atoms with Crippen molar-refractivity contribution in [2.45, 2.75) is 13.1 Å². The summed E-state index contributed by atoms with van der Waals surface area (Å²) >= 11 is 0. The number of pyridine rings is 1. The number of carboxylic acids is 1. The second-order valence-corrected chi connectivity index (χ2v) is 4.53. The van der Waals surface area contributed by atoms with Gasteiger partial charge in [-0.1, -0.05) is 12.1 Å².